The molecule has 24 heavy (non-hydrogen) atoms. The molecule has 0 fully saturated rings. The van der Waals surface area contributed by atoms with Gasteiger partial charge in [0.25, 0.3) is 5.91 Å². The van der Waals surface area contributed by atoms with Crippen LogP contribution in [-0.4, -0.2) is 36.2 Å². The molecule has 1 N–H and O–H groups in total. The molecule has 0 atom stereocenters. The second kappa shape index (κ2) is 8.21. The first kappa shape index (κ1) is 17.6. The number of aryl methyl sites for hydroxylation is 1. The molecule has 8 heteroatoms. The summed E-state index contributed by atoms with van der Waals surface area (Å²) in [4.78, 5) is 39.3. The molecule has 0 spiro atoms. The van der Waals surface area contributed by atoms with Gasteiger partial charge in [-0.1, -0.05) is 30.3 Å². The molecular weight excluding hydrogens is 332 g/mol. The number of aromatic nitrogens is 1. The van der Waals surface area contributed by atoms with E-state index < -0.39 is 24.6 Å². The van der Waals surface area contributed by atoms with E-state index in [0.717, 1.165) is 5.56 Å². The van der Waals surface area contributed by atoms with Gasteiger partial charge in [0, 0.05) is 5.56 Å². The van der Waals surface area contributed by atoms with Crippen LogP contribution in [0.25, 0.3) is 10.6 Å². The first-order valence-electron chi connectivity index (χ1n) is 7.17. The normalized spacial score (nSPS) is 10.1. The number of carbonyl (C=O) groups is 3. The Morgan fingerprint density at radius 1 is 1.17 bits per heavy atom. The Morgan fingerprint density at radius 2 is 1.88 bits per heavy atom. The van der Waals surface area contributed by atoms with Gasteiger partial charge < -0.3 is 9.47 Å². The smallest absolute Gasteiger partial charge is 0.413 e. The lowest BCUT2D eigenvalue weighted by molar-refractivity contribution is -0.123. The maximum atomic E-state index is 12.1. The van der Waals surface area contributed by atoms with Crippen LogP contribution in [0.1, 0.15) is 22.3 Å². The minimum atomic E-state index is -0.876. The minimum Gasteiger partial charge on any atom is -0.451 e. The van der Waals surface area contributed by atoms with E-state index >= 15 is 0 Å². The van der Waals surface area contributed by atoms with Crippen LogP contribution in [0.5, 0.6) is 0 Å². The minimum absolute atomic E-state index is 0.140. The molecule has 0 bridgehead atoms. The molecule has 1 aromatic carbocycles. The van der Waals surface area contributed by atoms with E-state index in [1.165, 1.54) is 11.3 Å². The van der Waals surface area contributed by atoms with Crippen molar-refractivity contribution in [3.63, 3.8) is 0 Å². The Bertz CT molecular complexity index is 742. The summed E-state index contributed by atoms with van der Waals surface area (Å²) in [7, 11) is 0. The molecule has 0 saturated heterocycles. The van der Waals surface area contributed by atoms with Crippen LogP contribution in [0, 0.1) is 6.92 Å². The Hall–Kier alpha value is -2.74. The highest BCUT2D eigenvalue weighted by atomic mass is 32.1. The molecule has 0 aliphatic carbocycles. The van der Waals surface area contributed by atoms with E-state index in [9.17, 15) is 14.4 Å². The van der Waals surface area contributed by atoms with E-state index in [4.69, 9.17) is 4.74 Å². The summed E-state index contributed by atoms with van der Waals surface area (Å²) in [6.07, 6.45) is -0.876. The predicted octanol–water partition coefficient (Wildman–Crippen LogP) is 2.55. The van der Waals surface area contributed by atoms with Gasteiger partial charge in [-0.15, -0.1) is 11.3 Å². The maximum absolute atomic E-state index is 12.1. The first-order chi connectivity index (χ1) is 11.5. The molecular formula is C16H16N2O5S. The highest BCUT2D eigenvalue weighted by Gasteiger charge is 2.19. The summed E-state index contributed by atoms with van der Waals surface area (Å²) in [6, 6.07) is 9.43. The number of rotatable bonds is 5. The third-order valence-electron chi connectivity index (χ3n) is 2.85. The quantitative estimate of drug-likeness (QED) is 0.835. The zero-order valence-corrected chi connectivity index (χ0v) is 14.0. The van der Waals surface area contributed by atoms with E-state index in [2.05, 4.69) is 9.72 Å². The second-order valence-electron chi connectivity index (χ2n) is 4.64. The van der Waals surface area contributed by atoms with Gasteiger partial charge in [0.1, 0.15) is 9.88 Å². The van der Waals surface area contributed by atoms with Crippen molar-refractivity contribution < 1.29 is 23.9 Å². The highest BCUT2D eigenvalue weighted by molar-refractivity contribution is 7.17. The number of esters is 1. The molecule has 1 aromatic heterocycles. The van der Waals surface area contributed by atoms with Crippen LogP contribution in [0.3, 0.4) is 0 Å². The summed E-state index contributed by atoms with van der Waals surface area (Å²) in [5.41, 5.74) is 1.42. The van der Waals surface area contributed by atoms with Gasteiger partial charge in [-0.05, 0) is 13.8 Å². The number of hydrogen-bond donors (Lipinski definition) is 1. The van der Waals surface area contributed by atoms with Crippen molar-refractivity contribution in [1.82, 2.24) is 10.3 Å². The van der Waals surface area contributed by atoms with Gasteiger partial charge in [0.05, 0.1) is 12.3 Å². The molecule has 0 unspecified atom stereocenters. The highest BCUT2D eigenvalue weighted by Crippen LogP contribution is 2.28. The van der Waals surface area contributed by atoms with Crippen LogP contribution < -0.4 is 5.32 Å². The number of amides is 2. The molecule has 2 amide bonds. The van der Waals surface area contributed by atoms with Crippen LogP contribution >= 0.6 is 11.3 Å². The van der Waals surface area contributed by atoms with E-state index in [0.29, 0.717) is 15.6 Å². The number of benzene rings is 1. The largest absolute Gasteiger partial charge is 0.451 e. The lowest BCUT2D eigenvalue weighted by atomic mass is 10.2. The van der Waals surface area contributed by atoms with Crippen molar-refractivity contribution in [2.45, 2.75) is 13.8 Å². The van der Waals surface area contributed by atoms with Crippen LogP contribution in [0.4, 0.5) is 4.79 Å². The zero-order chi connectivity index (χ0) is 17.5. The average molecular weight is 348 g/mol. The number of carbonyl (C=O) groups excluding carboxylic acids is 3. The molecule has 126 valence electrons. The van der Waals surface area contributed by atoms with E-state index in [-0.39, 0.29) is 6.61 Å². The monoisotopic (exact) mass is 348 g/mol. The number of nitrogens with one attached hydrogen (secondary N) is 1. The van der Waals surface area contributed by atoms with E-state index in [1.54, 1.807) is 13.8 Å². The Kier molecular flexibility index (Phi) is 6.02. The molecule has 0 radical (unpaired) electrons. The van der Waals surface area contributed by atoms with Crippen molar-refractivity contribution >= 4 is 29.3 Å². The summed E-state index contributed by atoms with van der Waals surface area (Å²) < 4.78 is 9.47. The van der Waals surface area contributed by atoms with Gasteiger partial charge >= 0.3 is 12.1 Å². The Balaban J connectivity index is 1.97. The molecule has 0 aliphatic heterocycles. The maximum Gasteiger partial charge on any atom is 0.413 e. The van der Waals surface area contributed by atoms with E-state index in [1.807, 2.05) is 35.6 Å². The molecule has 0 saturated carbocycles. The Labute approximate surface area is 142 Å². The zero-order valence-electron chi connectivity index (χ0n) is 13.2. The molecule has 0 aliphatic rings. The summed E-state index contributed by atoms with van der Waals surface area (Å²) in [5, 5.41) is 2.63. The number of alkyl carbamates (subject to hydrolysis) is 1. The Morgan fingerprint density at radius 3 is 2.54 bits per heavy atom. The topological polar surface area (TPSA) is 94.6 Å². The first-order valence-corrected chi connectivity index (χ1v) is 7.99. The van der Waals surface area contributed by atoms with Gasteiger partial charge in [0.15, 0.2) is 6.61 Å². The van der Waals surface area contributed by atoms with Gasteiger partial charge in [-0.25, -0.2) is 14.6 Å². The SMILES string of the molecule is CCOC(=O)NC(=O)COC(=O)c1sc(-c2ccccc2)nc1C. The number of nitrogens with zero attached hydrogens (tertiary/aromatic N) is 1. The fourth-order valence-corrected chi connectivity index (χ4v) is 2.77. The van der Waals surface area contributed by atoms with Crippen molar-refractivity contribution in [3.05, 3.63) is 40.9 Å². The summed E-state index contributed by atoms with van der Waals surface area (Å²) in [5.74, 6) is -1.42. The van der Waals surface area contributed by atoms with Crippen molar-refractivity contribution in [2.75, 3.05) is 13.2 Å². The van der Waals surface area contributed by atoms with Crippen molar-refractivity contribution in [3.8, 4) is 10.6 Å². The van der Waals surface area contributed by atoms with Gasteiger partial charge in [0.2, 0.25) is 0 Å². The number of ether oxygens (including phenoxy) is 2. The number of thiazole rings is 1. The molecule has 7 nitrogen and oxygen atoms in total. The summed E-state index contributed by atoms with van der Waals surface area (Å²) in [6.45, 7) is 2.87. The van der Waals surface area contributed by atoms with Gasteiger partial charge in [-0.2, -0.15) is 0 Å². The van der Waals surface area contributed by atoms with Crippen LogP contribution in [0.15, 0.2) is 30.3 Å². The lowest BCUT2D eigenvalue weighted by Crippen LogP contribution is -2.34. The van der Waals surface area contributed by atoms with Crippen molar-refractivity contribution in [1.29, 1.82) is 0 Å². The molecule has 2 aromatic rings. The predicted molar refractivity (Wildman–Crippen MR) is 87.7 cm³/mol. The summed E-state index contributed by atoms with van der Waals surface area (Å²) >= 11 is 1.19. The standard InChI is InChI=1S/C16H16N2O5S/c1-3-22-16(21)18-12(19)9-23-15(20)13-10(2)17-14(24-13)11-7-5-4-6-8-11/h4-8H,3,9H2,1-2H3,(H,18,19,21). The molecule has 1 heterocycles. The fraction of sp³-hybridized carbons (Fsp3) is 0.250. The third kappa shape index (κ3) is 4.63. The van der Waals surface area contributed by atoms with Gasteiger partial charge in [-0.3, -0.25) is 10.1 Å². The third-order valence-corrected chi connectivity index (χ3v) is 4.04. The van der Waals surface area contributed by atoms with Crippen LogP contribution in [0.2, 0.25) is 0 Å². The lowest BCUT2D eigenvalue weighted by Gasteiger charge is -2.05. The molecule has 2 rings (SSSR count). The second-order valence-corrected chi connectivity index (χ2v) is 5.64. The number of imide groups is 1. The number of hydrogen-bond acceptors (Lipinski definition) is 7. The average Bonchev–Trinajstić information content (AvgIpc) is 2.95. The van der Waals surface area contributed by atoms with Crippen LogP contribution in [-0.2, 0) is 14.3 Å². The fourth-order valence-electron chi connectivity index (χ4n) is 1.80. The van der Waals surface area contributed by atoms with Crippen molar-refractivity contribution in [2.24, 2.45) is 0 Å².